The van der Waals surface area contributed by atoms with Crippen LogP contribution in [0.5, 0.6) is 11.5 Å². The van der Waals surface area contributed by atoms with Gasteiger partial charge in [0.05, 0.1) is 13.0 Å². The van der Waals surface area contributed by atoms with Gasteiger partial charge in [-0.05, 0) is 0 Å². The van der Waals surface area contributed by atoms with Gasteiger partial charge >= 0.3 is 5.97 Å². The average Bonchev–Trinajstić information content (AvgIpc) is 2.28. The molecule has 1 aromatic rings. The monoisotopic (exact) mass is 247 g/mol. The lowest BCUT2D eigenvalue weighted by molar-refractivity contribution is -0.138. The Morgan fingerprint density at radius 1 is 1.53 bits per heavy atom. The van der Waals surface area contributed by atoms with Gasteiger partial charge in [0.1, 0.15) is 0 Å². The molecular weight excluding hydrogens is 236 g/mol. The van der Waals surface area contributed by atoms with Crippen molar-refractivity contribution >= 4 is 5.97 Å². The van der Waals surface area contributed by atoms with Crippen LogP contribution in [0.4, 0.5) is 8.78 Å². The van der Waals surface area contributed by atoms with Crippen molar-refractivity contribution in [1.82, 2.24) is 0 Å². The van der Waals surface area contributed by atoms with Gasteiger partial charge in [-0.1, -0.05) is 0 Å². The van der Waals surface area contributed by atoms with E-state index < -0.39 is 47.1 Å². The van der Waals surface area contributed by atoms with Crippen LogP contribution in [0.25, 0.3) is 0 Å². The minimum atomic E-state index is -1.59. The number of hydrogen-bond acceptors (Lipinski definition) is 4. The van der Waals surface area contributed by atoms with E-state index in [4.69, 9.17) is 10.8 Å². The van der Waals surface area contributed by atoms with Crippen molar-refractivity contribution in [3.63, 3.8) is 0 Å². The molecule has 0 fully saturated rings. The van der Waals surface area contributed by atoms with Crippen LogP contribution in [0.3, 0.4) is 0 Å². The Morgan fingerprint density at radius 2 is 2.12 bits per heavy atom. The predicted molar refractivity (Wildman–Crippen MR) is 54.0 cm³/mol. The summed E-state index contributed by atoms with van der Waals surface area (Å²) in [6.07, 6.45) is 0. The Balaban J connectivity index is 3.49. The van der Waals surface area contributed by atoms with E-state index in [9.17, 15) is 18.7 Å². The number of hydrogen-bond donors (Lipinski definition) is 3. The zero-order valence-electron chi connectivity index (χ0n) is 8.91. The molecule has 5 nitrogen and oxygen atoms in total. The molecule has 0 saturated carbocycles. The van der Waals surface area contributed by atoms with Crippen molar-refractivity contribution in [2.75, 3.05) is 13.7 Å². The third-order valence-corrected chi connectivity index (χ3v) is 2.28. The second-order valence-electron chi connectivity index (χ2n) is 3.27. The van der Waals surface area contributed by atoms with Crippen molar-refractivity contribution in [2.45, 2.75) is 5.92 Å². The highest BCUT2D eigenvalue weighted by Gasteiger charge is 2.29. The van der Waals surface area contributed by atoms with Crippen LogP contribution in [-0.2, 0) is 4.79 Å². The molecule has 0 heterocycles. The van der Waals surface area contributed by atoms with Crippen LogP contribution in [0, 0.1) is 11.6 Å². The van der Waals surface area contributed by atoms with Crippen molar-refractivity contribution in [1.29, 1.82) is 0 Å². The van der Waals surface area contributed by atoms with E-state index in [1.165, 1.54) is 0 Å². The zero-order valence-corrected chi connectivity index (χ0v) is 8.91. The molecule has 1 atom stereocenters. The number of aliphatic carboxylic acids is 1. The van der Waals surface area contributed by atoms with Crippen LogP contribution >= 0.6 is 0 Å². The number of carboxylic acids is 1. The summed E-state index contributed by atoms with van der Waals surface area (Å²) < 4.78 is 31.8. The second kappa shape index (κ2) is 4.96. The van der Waals surface area contributed by atoms with Crippen molar-refractivity contribution in [3.05, 3.63) is 23.3 Å². The normalized spacial score (nSPS) is 12.2. The number of carboxylic acid groups (broad SMARTS) is 1. The van der Waals surface area contributed by atoms with Gasteiger partial charge < -0.3 is 20.7 Å². The fourth-order valence-corrected chi connectivity index (χ4v) is 1.41. The molecule has 0 aliphatic carbocycles. The number of benzene rings is 1. The lowest BCUT2D eigenvalue weighted by Gasteiger charge is -2.15. The smallest absolute Gasteiger partial charge is 0.312 e. The summed E-state index contributed by atoms with van der Waals surface area (Å²) in [5.41, 5.74) is 4.34. The Kier molecular flexibility index (Phi) is 3.84. The van der Waals surface area contributed by atoms with Crippen LogP contribution < -0.4 is 10.5 Å². The number of aromatic hydroxyl groups is 1. The molecule has 0 aromatic heterocycles. The molecule has 7 heteroatoms. The number of ether oxygens (including phenoxy) is 1. The number of methoxy groups -OCH3 is 1. The Labute approximate surface area is 95.4 Å². The first-order valence-electron chi connectivity index (χ1n) is 4.61. The molecule has 0 aliphatic rings. The summed E-state index contributed by atoms with van der Waals surface area (Å²) in [4.78, 5) is 10.8. The van der Waals surface area contributed by atoms with E-state index >= 15 is 0 Å². The SMILES string of the molecule is COc1cc(O)c(F)c(C(CN)C(=O)O)c1F. The fourth-order valence-electron chi connectivity index (χ4n) is 1.41. The van der Waals surface area contributed by atoms with E-state index in [1.54, 1.807) is 0 Å². The lowest BCUT2D eigenvalue weighted by atomic mass is 9.97. The average molecular weight is 247 g/mol. The van der Waals surface area contributed by atoms with Crippen LogP contribution in [0.1, 0.15) is 11.5 Å². The fraction of sp³-hybridized carbons (Fsp3) is 0.300. The first kappa shape index (κ1) is 13.2. The maximum atomic E-state index is 13.7. The van der Waals surface area contributed by atoms with Crippen LogP contribution in [0.2, 0.25) is 0 Å². The molecule has 0 bridgehead atoms. The van der Waals surface area contributed by atoms with E-state index in [0.717, 1.165) is 13.2 Å². The number of phenolic OH excluding ortho intramolecular Hbond substituents is 1. The summed E-state index contributed by atoms with van der Waals surface area (Å²) in [6, 6.07) is 0.726. The summed E-state index contributed by atoms with van der Waals surface area (Å²) in [7, 11) is 1.11. The quantitative estimate of drug-likeness (QED) is 0.732. The Morgan fingerprint density at radius 3 is 2.53 bits per heavy atom. The van der Waals surface area contributed by atoms with Gasteiger partial charge in [-0.25, -0.2) is 8.78 Å². The first-order chi connectivity index (χ1) is 7.93. The van der Waals surface area contributed by atoms with Gasteiger partial charge in [0, 0.05) is 18.2 Å². The zero-order chi connectivity index (χ0) is 13.2. The number of halogens is 2. The van der Waals surface area contributed by atoms with Gasteiger partial charge in [0.25, 0.3) is 0 Å². The molecule has 1 unspecified atom stereocenters. The third-order valence-electron chi connectivity index (χ3n) is 2.28. The number of rotatable bonds is 4. The van der Waals surface area contributed by atoms with E-state index in [0.29, 0.717) is 0 Å². The highest BCUT2D eigenvalue weighted by molar-refractivity contribution is 5.77. The van der Waals surface area contributed by atoms with Crippen LogP contribution in [-0.4, -0.2) is 29.8 Å². The van der Waals surface area contributed by atoms with Gasteiger partial charge in [0.15, 0.2) is 23.1 Å². The molecule has 1 aromatic carbocycles. The third kappa shape index (κ3) is 2.28. The minimum absolute atomic E-state index is 0.446. The molecule has 0 saturated heterocycles. The number of nitrogens with two attached hydrogens (primary N) is 1. The molecule has 0 amide bonds. The van der Waals surface area contributed by atoms with Crippen LogP contribution in [0.15, 0.2) is 6.07 Å². The largest absolute Gasteiger partial charge is 0.505 e. The van der Waals surface area contributed by atoms with Gasteiger partial charge in [-0.3, -0.25) is 4.79 Å². The molecule has 94 valence electrons. The molecule has 4 N–H and O–H groups in total. The summed E-state index contributed by atoms with van der Waals surface area (Å²) in [6.45, 7) is -0.504. The summed E-state index contributed by atoms with van der Waals surface area (Å²) in [5.74, 6) is -6.94. The highest BCUT2D eigenvalue weighted by atomic mass is 19.1. The maximum Gasteiger partial charge on any atom is 0.312 e. The Bertz CT molecular complexity index is 450. The molecule has 0 spiro atoms. The minimum Gasteiger partial charge on any atom is -0.505 e. The van der Waals surface area contributed by atoms with Crippen molar-refractivity contribution in [3.8, 4) is 11.5 Å². The van der Waals surface area contributed by atoms with Gasteiger partial charge in [-0.15, -0.1) is 0 Å². The maximum absolute atomic E-state index is 13.7. The second-order valence-corrected chi connectivity index (χ2v) is 3.27. The topological polar surface area (TPSA) is 92.8 Å². The molecule has 0 radical (unpaired) electrons. The first-order valence-corrected chi connectivity index (χ1v) is 4.61. The van der Waals surface area contributed by atoms with E-state index in [-0.39, 0.29) is 0 Å². The predicted octanol–water partition coefficient (Wildman–Crippen LogP) is 0.806. The standard InChI is InChI=1S/C10H11F2NO4/c1-17-6-2-5(14)8(11)7(9(6)12)4(3-13)10(15)16/h2,4,14H,3,13H2,1H3,(H,15,16). The van der Waals surface area contributed by atoms with Crippen molar-refractivity contribution in [2.24, 2.45) is 5.73 Å². The molecule has 1 rings (SSSR count). The van der Waals surface area contributed by atoms with Gasteiger partial charge in [-0.2, -0.15) is 0 Å². The Hall–Kier alpha value is -1.89. The van der Waals surface area contributed by atoms with E-state index in [1.807, 2.05) is 0 Å². The summed E-state index contributed by atoms with van der Waals surface area (Å²) in [5, 5.41) is 18.0. The summed E-state index contributed by atoms with van der Waals surface area (Å²) >= 11 is 0. The molecule has 0 aliphatic heterocycles. The molecular formula is C10H11F2NO4. The van der Waals surface area contributed by atoms with E-state index in [2.05, 4.69) is 4.74 Å². The highest BCUT2D eigenvalue weighted by Crippen LogP contribution is 2.34. The lowest BCUT2D eigenvalue weighted by Crippen LogP contribution is -2.23. The van der Waals surface area contributed by atoms with Crippen molar-refractivity contribution < 1.29 is 28.5 Å². The number of phenols is 1. The molecule has 17 heavy (non-hydrogen) atoms. The van der Waals surface area contributed by atoms with Gasteiger partial charge in [0.2, 0.25) is 0 Å². The number of carbonyl (C=O) groups is 1.